The maximum atomic E-state index is 11.4. The minimum Gasteiger partial charge on any atom is -0.467 e. The molecule has 8 heteroatoms. The average molecular weight is 430 g/mol. The van der Waals surface area contributed by atoms with Gasteiger partial charge in [0.05, 0.1) is 0 Å². The molecule has 30 heavy (non-hydrogen) atoms. The zero-order valence-corrected chi connectivity index (χ0v) is 17.2. The average Bonchev–Trinajstić information content (AvgIpc) is 2.74. The van der Waals surface area contributed by atoms with Gasteiger partial charge < -0.3 is 29.1 Å². The van der Waals surface area contributed by atoms with E-state index in [2.05, 4.69) is 0 Å². The Bertz CT molecular complexity index is 1000. The number of rotatable bonds is 9. The van der Waals surface area contributed by atoms with Gasteiger partial charge in [-0.15, -0.1) is 0 Å². The highest BCUT2D eigenvalue weighted by molar-refractivity contribution is 7.51. The van der Waals surface area contributed by atoms with Gasteiger partial charge in [0.1, 0.15) is 17.2 Å². The van der Waals surface area contributed by atoms with Gasteiger partial charge >= 0.3 is 7.60 Å². The smallest absolute Gasteiger partial charge is 0.358 e. The number of methoxy groups -OCH3 is 1. The van der Waals surface area contributed by atoms with Crippen LogP contribution in [0.3, 0.4) is 0 Å². The van der Waals surface area contributed by atoms with E-state index >= 15 is 0 Å². The van der Waals surface area contributed by atoms with E-state index in [9.17, 15) is 19.5 Å². The fourth-order valence-electron chi connectivity index (χ4n) is 2.88. The first-order valence-electron chi connectivity index (χ1n) is 9.16. The van der Waals surface area contributed by atoms with Crippen molar-refractivity contribution >= 4 is 7.60 Å². The zero-order valence-electron chi connectivity index (χ0n) is 16.3. The predicted octanol–water partition coefficient (Wildman–Crippen LogP) is 4.22. The molecule has 1 atom stereocenters. The monoisotopic (exact) mass is 430 g/mol. The number of hydrogen-bond donors (Lipinski definition) is 3. The summed E-state index contributed by atoms with van der Waals surface area (Å²) in [7, 11) is -3.19. The first-order valence-corrected chi connectivity index (χ1v) is 10.8. The lowest BCUT2D eigenvalue weighted by atomic mass is 10.0. The number of aliphatic hydroxyl groups is 1. The van der Waals surface area contributed by atoms with Gasteiger partial charge in [0.25, 0.3) is 0 Å². The van der Waals surface area contributed by atoms with Gasteiger partial charge in [0.15, 0.2) is 12.6 Å². The molecule has 158 valence electrons. The molecule has 7 nitrogen and oxygen atoms in total. The summed E-state index contributed by atoms with van der Waals surface area (Å²) in [5, 5.41) is 9.95. The molecule has 0 radical (unpaired) electrons. The third kappa shape index (κ3) is 5.92. The van der Waals surface area contributed by atoms with E-state index in [0.717, 1.165) is 11.3 Å². The fraction of sp³-hybridized carbons (Fsp3) is 0.182. The van der Waals surface area contributed by atoms with E-state index in [4.69, 9.17) is 14.2 Å². The molecule has 0 heterocycles. The molecule has 3 aromatic rings. The minimum absolute atomic E-state index is 0.0250. The van der Waals surface area contributed by atoms with E-state index in [1.54, 1.807) is 6.07 Å². The van der Waals surface area contributed by atoms with Gasteiger partial charge in [-0.3, -0.25) is 4.57 Å². The highest BCUT2D eigenvalue weighted by Crippen LogP contribution is 2.50. The highest BCUT2D eigenvalue weighted by Gasteiger charge is 2.28. The molecule has 0 aliphatic carbocycles. The second kappa shape index (κ2) is 9.89. The number of aliphatic hydroxyl groups excluding tert-OH is 1. The zero-order chi connectivity index (χ0) is 21.6. The summed E-state index contributed by atoms with van der Waals surface area (Å²) in [6, 6.07) is 21.4. The Morgan fingerprint density at radius 2 is 1.60 bits per heavy atom. The Morgan fingerprint density at radius 3 is 2.23 bits per heavy atom. The molecule has 0 aliphatic heterocycles. The van der Waals surface area contributed by atoms with Crippen LogP contribution in [0.25, 0.3) is 0 Å². The van der Waals surface area contributed by atoms with E-state index in [-0.39, 0.29) is 12.4 Å². The van der Waals surface area contributed by atoms with Crippen LogP contribution in [0.2, 0.25) is 0 Å². The summed E-state index contributed by atoms with van der Waals surface area (Å²) in [6.45, 7) is 0.0250. The quantitative estimate of drug-likeness (QED) is 0.345. The molecule has 0 saturated heterocycles. The van der Waals surface area contributed by atoms with E-state index in [1.165, 1.54) is 19.2 Å². The van der Waals surface area contributed by atoms with Crippen molar-refractivity contribution in [2.75, 3.05) is 13.9 Å². The number of para-hydroxylation sites is 1. The van der Waals surface area contributed by atoms with Gasteiger partial charge in [-0.2, -0.15) is 0 Å². The first-order chi connectivity index (χ1) is 14.4. The summed E-state index contributed by atoms with van der Waals surface area (Å²) < 4.78 is 27.7. The lowest BCUT2D eigenvalue weighted by Crippen LogP contribution is -2.05. The Morgan fingerprint density at radius 1 is 0.933 bits per heavy atom. The van der Waals surface area contributed by atoms with Crippen molar-refractivity contribution in [3.05, 3.63) is 89.5 Å². The van der Waals surface area contributed by atoms with Crippen LogP contribution >= 0.6 is 7.60 Å². The van der Waals surface area contributed by atoms with Crippen molar-refractivity contribution in [2.45, 2.75) is 12.3 Å². The van der Waals surface area contributed by atoms with Crippen LogP contribution in [0.1, 0.15) is 22.5 Å². The van der Waals surface area contributed by atoms with E-state index in [0.29, 0.717) is 23.5 Å². The van der Waals surface area contributed by atoms with Crippen LogP contribution in [0.5, 0.6) is 17.2 Å². The van der Waals surface area contributed by atoms with Crippen LogP contribution in [-0.2, 0) is 15.7 Å². The van der Waals surface area contributed by atoms with Crippen molar-refractivity contribution in [3.63, 3.8) is 0 Å². The fourth-order valence-corrected chi connectivity index (χ4v) is 3.42. The molecule has 0 aromatic heterocycles. The second-order valence-electron chi connectivity index (χ2n) is 6.62. The normalized spacial score (nSPS) is 12.4. The summed E-state index contributed by atoms with van der Waals surface area (Å²) >= 11 is 0. The number of hydrogen-bond acceptors (Lipinski definition) is 5. The van der Waals surface area contributed by atoms with E-state index in [1.807, 2.05) is 54.6 Å². The molecular formula is C22H23O7P. The molecule has 3 aromatic carbocycles. The summed E-state index contributed by atoms with van der Waals surface area (Å²) in [5.41, 5.74) is 1.71. The molecule has 0 bridgehead atoms. The van der Waals surface area contributed by atoms with Crippen LogP contribution in [0, 0.1) is 0 Å². The standard InChI is InChI=1S/C22H23O7P/c1-27-15-28-21-12-9-17(22(23)30(24,25)26)14-18(21)13-16-7-10-20(11-8-16)29-19-5-3-2-4-6-19/h2-12,14,22-23H,13,15H2,1H3,(H2,24,25,26). The Kier molecular flexibility index (Phi) is 7.26. The molecule has 0 spiro atoms. The first kappa shape index (κ1) is 22.0. The Balaban J connectivity index is 1.81. The Labute approximate surface area is 174 Å². The van der Waals surface area contributed by atoms with Crippen LogP contribution < -0.4 is 9.47 Å². The van der Waals surface area contributed by atoms with Gasteiger partial charge in [-0.05, 0) is 53.1 Å². The minimum atomic E-state index is -4.68. The van der Waals surface area contributed by atoms with Crippen LogP contribution in [-0.4, -0.2) is 28.8 Å². The Hall–Kier alpha value is -2.67. The summed E-state index contributed by atoms with van der Waals surface area (Å²) in [4.78, 5) is 18.6. The third-order valence-corrected chi connectivity index (χ3v) is 5.27. The molecule has 0 amide bonds. The summed E-state index contributed by atoms with van der Waals surface area (Å²) in [5.74, 6) is 0.0311. The molecule has 0 fully saturated rings. The lowest BCUT2D eigenvalue weighted by Gasteiger charge is -2.17. The maximum Gasteiger partial charge on any atom is 0.358 e. The summed E-state index contributed by atoms with van der Waals surface area (Å²) in [6.07, 6.45) is 0.423. The van der Waals surface area contributed by atoms with Crippen LogP contribution in [0.15, 0.2) is 72.8 Å². The second-order valence-corrected chi connectivity index (χ2v) is 8.28. The van der Waals surface area contributed by atoms with Crippen molar-refractivity contribution in [3.8, 4) is 17.2 Å². The van der Waals surface area contributed by atoms with Crippen molar-refractivity contribution in [1.82, 2.24) is 0 Å². The molecule has 3 rings (SSSR count). The molecule has 3 N–H and O–H groups in total. The van der Waals surface area contributed by atoms with Crippen molar-refractivity contribution < 1.29 is 33.7 Å². The van der Waals surface area contributed by atoms with Gasteiger partial charge in [-0.1, -0.05) is 36.4 Å². The molecular weight excluding hydrogens is 407 g/mol. The number of ether oxygens (including phenoxy) is 3. The third-order valence-electron chi connectivity index (χ3n) is 4.33. The van der Waals surface area contributed by atoms with Crippen molar-refractivity contribution in [2.24, 2.45) is 0 Å². The van der Waals surface area contributed by atoms with Gasteiger partial charge in [-0.25, -0.2) is 0 Å². The van der Waals surface area contributed by atoms with Gasteiger partial charge in [0, 0.05) is 13.5 Å². The molecule has 0 saturated carbocycles. The van der Waals surface area contributed by atoms with E-state index < -0.39 is 13.4 Å². The van der Waals surface area contributed by atoms with Crippen molar-refractivity contribution in [1.29, 1.82) is 0 Å². The SMILES string of the molecule is COCOc1ccc(C(O)P(=O)(O)O)cc1Cc1ccc(Oc2ccccc2)cc1. The number of benzene rings is 3. The van der Waals surface area contributed by atoms with Crippen LogP contribution in [0.4, 0.5) is 0 Å². The molecule has 1 unspecified atom stereocenters. The largest absolute Gasteiger partial charge is 0.467 e. The van der Waals surface area contributed by atoms with Gasteiger partial charge in [0.2, 0.25) is 0 Å². The highest BCUT2D eigenvalue weighted by atomic mass is 31.2. The maximum absolute atomic E-state index is 11.4. The predicted molar refractivity (Wildman–Crippen MR) is 112 cm³/mol. The molecule has 0 aliphatic rings. The lowest BCUT2D eigenvalue weighted by molar-refractivity contribution is 0.0504. The topological polar surface area (TPSA) is 105 Å².